The Balaban J connectivity index is 2.08. The van der Waals surface area contributed by atoms with Crippen molar-refractivity contribution in [2.24, 2.45) is 0 Å². The number of rotatable bonds is 5. The van der Waals surface area contributed by atoms with Crippen molar-refractivity contribution in [1.82, 2.24) is 4.57 Å². The van der Waals surface area contributed by atoms with Gasteiger partial charge in [-0.15, -0.1) is 4.65 Å². The van der Waals surface area contributed by atoms with Crippen molar-refractivity contribution in [3.05, 3.63) is 89.4 Å². The molecule has 0 bridgehead atoms. The number of nitrogens with zero attached hydrogens (tertiary/aromatic N) is 2. The van der Waals surface area contributed by atoms with Gasteiger partial charge in [-0.1, -0.05) is 60.1 Å². The summed E-state index contributed by atoms with van der Waals surface area (Å²) in [6.45, 7) is 2.82. The largest absolute Gasteiger partial charge is 0.313 e. The fourth-order valence-electron chi connectivity index (χ4n) is 3.42. The molecule has 0 unspecified atom stereocenters. The van der Waals surface area contributed by atoms with Gasteiger partial charge < -0.3 is 4.84 Å². The zero-order valence-electron chi connectivity index (χ0n) is 17.3. The Morgan fingerprint density at radius 3 is 2.23 bits per heavy atom. The number of hydroxylamine groups is 3. The number of carbonyl (C=O) groups is 1. The van der Waals surface area contributed by atoms with Gasteiger partial charge >= 0.3 is 0 Å². The zero-order chi connectivity index (χ0) is 21.3. The first-order chi connectivity index (χ1) is 14.4. The first kappa shape index (κ1) is 20.2. The van der Waals surface area contributed by atoms with Gasteiger partial charge in [-0.3, -0.25) is 9.36 Å². The van der Waals surface area contributed by atoms with Gasteiger partial charge in [-0.2, -0.15) is 0 Å². The highest BCUT2D eigenvalue weighted by Crippen LogP contribution is 2.42. The van der Waals surface area contributed by atoms with Crippen molar-refractivity contribution in [1.29, 1.82) is 0 Å². The average Bonchev–Trinajstić information content (AvgIpc) is 3.07. The topological polar surface area (TPSA) is 31.2 Å². The molecular weight excluding hydrogens is 396 g/mol. The minimum atomic E-state index is -0.113. The van der Waals surface area contributed by atoms with Crippen LogP contribution < -0.4 is 4.84 Å². The molecule has 0 fully saturated rings. The highest BCUT2D eigenvalue weighted by atomic mass is 35.5. The molecule has 0 amide bonds. The average molecular weight is 420 g/mol. The normalized spacial score (nSPS) is 11.6. The van der Waals surface area contributed by atoms with Crippen molar-refractivity contribution < 1.29 is 14.3 Å². The van der Waals surface area contributed by atoms with E-state index >= 15 is 0 Å². The van der Waals surface area contributed by atoms with E-state index in [2.05, 4.69) is 6.92 Å². The maximum Gasteiger partial charge on any atom is 0.263 e. The molecule has 0 saturated carbocycles. The molecule has 3 aromatic carbocycles. The van der Waals surface area contributed by atoms with E-state index in [-0.39, 0.29) is 5.91 Å². The first-order valence-corrected chi connectivity index (χ1v) is 10.3. The summed E-state index contributed by atoms with van der Waals surface area (Å²) >= 11 is 6.35. The molecule has 0 radical (unpaired) electrons. The summed E-state index contributed by atoms with van der Waals surface area (Å²) in [4.78, 5) is 20.1. The van der Waals surface area contributed by atoms with E-state index in [4.69, 9.17) is 16.4 Å². The maximum absolute atomic E-state index is 13.7. The maximum atomic E-state index is 13.7. The summed E-state index contributed by atoms with van der Waals surface area (Å²) in [6, 6.07) is 24.7. The van der Waals surface area contributed by atoms with E-state index in [0.29, 0.717) is 21.0 Å². The Bertz CT molecular complexity index is 1200. The zero-order valence-corrected chi connectivity index (χ0v) is 18.1. The van der Waals surface area contributed by atoms with Crippen LogP contribution >= 0.6 is 11.6 Å². The van der Waals surface area contributed by atoms with Gasteiger partial charge in [0.05, 0.1) is 10.9 Å². The Morgan fingerprint density at radius 2 is 1.60 bits per heavy atom. The van der Waals surface area contributed by atoms with Gasteiger partial charge in [-0.05, 0) is 37.3 Å². The molecule has 152 valence electrons. The lowest BCUT2D eigenvalue weighted by Gasteiger charge is -2.26. The van der Waals surface area contributed by atoms with Crippen LogP contribution in [-0.4, -0.2) is 35.8 Å². The van der Waals surface area contributed by atoms with Gasteiger partial charge in [0.1, 0.15) is 26.3 Å². The van der Waals surface area contributed by atoms with Gasteiger partial charge in [0.25, 0.3) is 5.91 Å². The van der Waals surface area contributed by atoms with E-state index in [1.807, 2.05) is 86.9 Å². The van der Waals surface area contributed by atoms with Crippen LogP contribution in [0.5, 0.6) is 5.75 Å². The molecule has 4 nitrogen and oxygen atoms in total. The fraction of sp³-hybridized carbons (Fsp3) is 0.160. The summed E-state index contributed by atoms with van der Waals surface area (Å²) in [5.74, 6) is 0.535. The monoisotopic (exact) mass is 419 g/mol. The summed E-state index contributed by atoms with van der Waals surface area (Å²) in [5.41, 5.74) is 3.00. The van der Waals surface area contributed by atoms with E-state index in [9.17, 15) is 4.79 Å². The molecule has 0 aliphatic rings. The smallest absolute Gasteiger partial charge is 0.263 e. The molecule has 1 heterocycles. The van der Waals surface area contributed by atoms with E-state index in [1.54, 1.807) is 10.6 Å². The lowest BCUT2D eigenvalue weighted by atomic mass is 10.1. The minimum absolute atomic E-state index is 0.113. The molecule has 0 spiro atoms. The van der Waals surface area contributed by atoms with Crippen LogP contribution in [0.25, 0.3) is 22.2 Å². The second-order valence-electron chi connectivity index (χ2n) is 7.69. The predicted octanol–water partition coefficient (Wildman–Crippen LogP) is 6.04. The van der Waals surface area contributed by atoms with Crippen molar-refractivity contribution in [3.8, 4) is 17.0 Å². The van der Waals surface area contributed by atoms with Crippen LogP contribution in [0.3, 0.4) is 0 Å². The van der Waals surface area contributed by atoms with Gasteiger partial charge in [-0.25, -0.2) is 0 Å². The van der Waals surface area contributed by atoms with Crippen LogP contribution in [0, 0.1) is 0 Å². The number of aromatic nitrogens is 1. The van der Waals surface area contributed by atoms with Crippen molar-refractivity contribution in [2.45, 2.75) is 6.92 Å². The molecule has 4 rings (SSSR count). The molecule has 0 aliphatic carbocycles. The van der Waals surface area contributed by atoms with Crippen LogP contribution in [-0.2, 0) is 0 Å². The third kappa shape index (κ3) is 3.72. The van der Waals surface area contributed by atoms with Crippen LogP contribution in [0.15, 0.2) is 78.9 Å². The van der Waals surface area contributed by atoms with Crippen molar-refractivity contribution in [2.75, 3.05) is 20.6 Å². The second-order valence-corrected chi connectivity index (χ2v) is 8.13. The Morgan fingerprint density at radius 1 is 0.967 bits per heavy atom. The van der Waals surface area contributed by atoms with Crippen LogP contribution in [0.4, 0.5) is 0 Å². The molecule has 0 atom stereocenters. The summed E-state index contributed by atoms with van der Waals surface area (Å²) in [5, 5.41) is 1.41. The summed E-state index contributed by atoms with van der Waals surface area (Å²) in [7, 11) is 3.98. The van der Waals surface area contributed by atoms with E-state index in [0.717, 1.165) is 28.7 Å². The number of fused-ring (bicyclic) bond motifs is 1. The van der Waals surface area contributed by atoms with Crippen LogP contribution in [0.1, 0.15) is 17.3 Å². The standard InChI is InChI=1S/C25H24ClN2O2/c1-4-28(2,3)30-24-21-17-20(26)15-16-22(21)27(23(24)18-11-7-5-8-12-18)25(29)19-13-9-6-10-14-19/h5-17H,4H2,1-3H3/q+1. The Hall–Kier alpha value is -3.08. The highest BCUT2D eigenvalue weighted by molar-refractivity contribution is 6.31. The molecule has 30 heavy (non-hydrogen) atoms. The number of hydrogen-bond donors (Lipinski definition) is 0. The lowest BCUT2D eigenvalue weighted by Crippen LogP contribution is -2.42. The summed E-state index contributed by atoms with van der Waals surface area (Å²) in [6.07, 6.45) is 0. The molecule has 5 heteroatoms. The highest BCUT2D eigenvalue weighted by Gasteiger charge is 2.29. The quantitative estimate of drug-likeness (QED) is 0.291. The van der Waals surface area contributed by atoms with Gasteiger partial charge in [0.15, 0.2) is 0 Å². The summed E-state index contributed by atoms with van der Waals surface area (Å²) < 4.78 is 2.05. The Labute approximate surface area is 181 Å². The molecule has 0 N–H and O–H groups in total. The predicted molar refractivity (Wildman–Crippen MR) is 122 cm³/mol. The number of hydrogen-bond acceptors (Lipinski definition) is 2. The molecular formula is C25H24ClN2O2+. The van der Waals surface area contributed by atoms with Gasteiger partial charge in [0.2, 0.25) is 5.75 Å². The third-order valence-corrected chi connectivity index (χ3v) is 5.49. The lowest BCUT2D eigenvalue weighted by molar-refractivity contribution is -1.05. The van der Waals surface area contributed by atoms with Crippen molar-refractivity contribution >= 4 is 28.4 Å². The number of benzene rings is 3. The second kappa shape index (κ2) is 7.98. The molecule has 0 aliphatic heterocycles. The first-order valence-electron chi connectivity index (χ1n) is 9.93. The van der Waals surface area contributed by atoms with Crippen LogP contribution in [0.2, 0.25) is 5.02 Å². The van der Waals surface area contributed by atoms with Crippen molar-refractivity contribution in [3.63, 3.8) is 0 Å². The third-order valence-electron chi connectivity index (χ3n) is 5.25. The number of carbonyl (C=O) groups excluding carboxylic acids is 1. The SMILES string of the molecule is CC[N+](C)(C)Oc1c(-c2ccccc2)n(C(=O)c2ccccc2)c2ccc(Cl)cc12. The fourth-order valence-corrected chi connectivity index (χ4v) is 3.59. The van der Waals surface area contributed by atoms with Gasteiger partial charge in [0, 0.05) is 16.1 Å². The van der Waals surface area contributed by atoms with E-state index in [1.165, 1.54) is 0 Å². The number of halogens is 1. The molecule has 1 aromatic heterocycles. The Kier molecular flexibility index (Phi) is 5.37. The molecule has 0 saturated heterocycles. The van der Waals surface area contributed by atoms with E-state index < -0.39 is 0 Å². The minimum Gasteiger partial charge on any atom is -0.313 e. The molecule has 4 aromatic rings. The number of quaternary nitrogens is 1.